The number of nitrogens with zero attached hydrogens (tertiary/aromatic N) is 3. The van der Waals surface area contributed by atoms with E-state index in [-0.39, 0.29) is 25.4 Å². The summed E-state index contributed by atoms with van der Waals surface area (Å²) in [4.78, 5) is 28.8. The zero-order valence-corrected chi connectivity index (χ0v) is 19.0. The Morgan fingerprint density at radius 1 is 1.15 bits per heavy atom. The van der Waals surface area contributed by atoms with Gasteiger partial charge in [0.15, 0.2) is 0 Å². The van der Waals surface area contributed by atoms with Crippen LogP contribution in [0.5, 0.6) is 0 Å². The average Bonchev–Trinajstić information content (AvgIpc) is 3.26. The number of benzene rings is 2. The summed E-state index contributed by atoms with van der Waals surface area (Å²) in [6.45, 7) is 1.16. The molecule has 34 heavy (non-hydrogen) atoms. The summed E-state index contributed by atoms with van der Waals surface area (Å²) < 4.78 is 43.4. The van der Waals surface area contributed by atoms with Crippen LogP contribution in [0.15, 0.2) is 53.1 Å². The minimum Gasteiger partial charge on any atom is -0.339 e. The SMILES string of the molecule is CCN(Cc1cccc(NC(=O)CCCc2nc(-c3ccc(Cl)cc3)no2)c1)C(=O)C(F)(F)F. The normalized spacial score (nSPS) is 11.3. The number of hydrogen-bond donors (Lipinski definition) is 1. The van der Waals surface area contributed by atoms with Gasteiger partial charge in [-0.3, -0.25) is 9.59 Å². The van der Waals surface area contributed by atoms with Crippen LogP contribution in [0.4, 0.5) is 18.9 Å². The van der Waals surface area contributed by atoms with Crippen LogP contribution < -0.4 is 5.32 Å². The van der Waals surface area contributed by atoms with Gasteiger partial charge in [-0.05, 0) is 55.3 Å². The van der Waals surface area contributed by atoms with Crippen LogP contribution in [0.3, 0.4) is 0 Å². The Morgan fingerprint density at radius 3 is 2.56 bits per heavy atom. The predicted molar refractivity (Wildman–Crippen MR) is 120 cm³/mol. The highest BCUT2D eigenvalue weighted by Crippen LogP contribution is 2.21. The maximum atomic E-state index is 12.7. The Morgan fingerprint density at radius 2 is 1.88 bits per heavy atom. The van der Waals surface area contributed by atoms with Gasteiger partial charge in [-0.25, -0.2) is 0 Å². The smallest absolute Gasteiger partial charge is 0.339 e. The lowest BCUT2D eigenvalue weighted by atomic mass is 10.1. The second kappa shape index (κ2) is 11.1. The van der Waals surface area contributed by atoms with Gasteiger partial charge >= 0.3 is 12.1 Å². The second-order valence-electron chi connectivity index (χ2n) is 7.44. The van der Waals surface area contributed by atoms with Crippen LogP contribution in [0.25, 0.3) is 11.4 Å². The van der Waals surface area contributed by atoms with Gasteiger partial charge in [0.25, 0.3) is 0 Å². The van der Waals surface area contributed by atoms with Gasteiger partial charge < -0.3 is 14.7 Å². The molecule has 1 N–H and O–H groups in total. The Labute approximate surface area is 198 Å². The van der Waals surface area contributed by atoms with Crippen molar-refractivity contribution in [1.29, 1.82) is 0 Å². The number of amides is 2. The van der Waals surface area contributed by atoms with Crippen LogP contribution in [-0.2, 0) is 22.6 Å². The van der Waals surface area contributed by atoms with Crippen molar-refractivity contribution in [1.82, 2.24) is 15.0 Å². The first-order valence-corrected chi connectivity index (χ1v) is 10.9. The summed E-state index contributed by atoms with van der Waals surface area (Å²) >= 11 is 5.87. The standard InChI is InChI=1S/C23H22ClF3N4O3/c1-2-31(22(33)23(25,26)27)14-15-5-3-6-18(13-15)28-19(32)7-4-8-20-29-21(30-34-20)16-9-11-17(24)12-10-16/h3,5-6,9-13H,2,4,7-8,14H2,1H3,(H,28,32). The van der Waals surface area contributed by atoms with Crippen molar-refractivity contribution >= 4 is 29.1 Å². The zero-order valence-electron chi connectivity index (χ0n) is 18.2. The minimum atomic E-state index is -4.93. The first-order valence-electron chi connectivity index (χ1n) is 10.5. The quantitative estimate of drug-likeness (QED) is 0.438. The summed E-state index contributed by atoms with van der Waals surface area (Å²) in [7, 11) is 0. The monoisotopic (exact) mass is 494 g/mol. The van der Waals surface area contributed by atoms with Crippen LogP contribution >= 0.6 is 11.6 Å². The number of nitrogens with one attached hydrogen (secondary N) is 1. The number of aromatic nitrogens is 2. The van der Waals surface area contributed by atoms with Gasteiger partial charge in [0, 0.05) is 42.2 Å². The molecule has 0 radical (unpaired) electrons. The zero-order chi connectivity index (χ0) is 24.7. The predicted octanol–water partition coefficient (Wildman–Crippen LogP) is 5.26. The Kier molecular flexibility index (Phi) is 8.27. The molecule has 0 aliphatic carbocycles. The molecule has 3 aromatic rings. The fraction of sp³-hybridized carbons (Fsp3) is 0.304. The Balaban J connectivity index is 1.50. The highest BCUT2D eigenvalue weighted by atomic mass is 35.5. The topological polar surface area (TPSA) is 88.3 Å². The molecule has 2 aromatic carbocycles. The van der Waals surface area contributed by atoms with Crippen molar-refractivity contribution in [3.8, 4) is 11.4 Å². The number of anilines is 1. The number of carbonyl (C=O) groups is 2. The van der Waals surface area contributed by atoms with Crippen LogP contribution in [0, 0.1) is 0 Å². The van der Waals surface area contributed by atoms with E-state index in [0.29, 0.717) is 45.7 Å². The summed E-state index contributed by atoms with van der Waals surface area (Å²) in [5.74, 6) is -1.34. The van der Waals surface area contributed by atoms with Crippen molar-refractivity contribution in [2.24, 2.45) is 0 Å². The number of halogens is 4. The maximum absolute atomic E-state index is 12.7. The van der Waals surface area contributed by atoms with Crippen molar-refractivity contribution in [2.45, 2.75) is 38.9 Å². The lowest BCUT2D eigenvalue weighted by Gasteiger charge is -2.22. The summed E-state index contributed by atoms with van der Waals surface area (Å²) in [6.07, 6.45) is -3.90. The van der Waals surface area contributed by atoms with E-state index < -0.39 is 12.1 Å². The molecule has 1 aromatic heterocycles. The highest BCUT2D eigenvalue weighted by Gasteiger charge is 2.41. The number of hydrogen-bond acceptors (Lipinski definition) is 5. The molecule has 0 saturated carbocycles. The van der Waals surface area contributed by atoms with Crippen LogP contribution in [0.1, 0.15) is 31.2 Å². The molecule has 0 bridgehead atoms. The number of alkyl halides is 3. The van der Waals surface area contributed by atoms with E-state index in [0.717, 1.165) is 5.56 Å². The molecule has 2 amide bonds. The fourth-order valence-electron chi connectivity index (χ4n) is 3.17. The van der Waals surface area contributed by atoms with Crippen LogP contribution in [-0.4, -0.2) is 39.6 Å². The van der Waals surface area contributed by atoms with Gasteiger partial charge in [0.1, 0.15) is 0 Å². The molecular weight excluding hydrogens is 473 g/mol. The van der Waals surface area contributed by atoms with E-state index in [2.05, 4.69) is 15.5 Å². The molecule has 0 spiro atoms. The largest absolute Gasteiger partial charge is 0.471 e. The fourth-order valence-corrected chi connectivity index (χ4v) is 3.30. The van der Waals surface area contributed by atoms with Crippen molar-refractivity contribution in [2.75, 3.05) is 11.9 Å². The summed E-state index contributed by atoms with van der Waals surface area (Å²) in [6, 6.07) is 13.4. The van der Waals surface area contributed by atoms with Gasteiger partial charge in [-0.1, -0.05) is 28.9 Å². The molecule has 11 heteroatoms. The molecule has 7 nitrogen and oxygen atoms in total. The molecular formula is C23H22ClF3N4O3. The third-order valence-electron chi connectivity index (χ3n) is 4.86. The summed E-state index contributed by atoms with van der Waals surface area (Å²) in [5.41, 5.74) is 1.66. The van der Waals surface area contributed by atoms with Crippen molar-refractivity contribution in [3.63, 3.8) is 0 Å². The van der Waals surface area contributed by atoms with E-state index in [9.17, 15) is 22.8 Å². The molecule has 0 unspecified atom stereocenters. The lowest BCUT2D eigenvalue weighted by molar-refractivity contribution is -0.185. The second-order valence-corrected chi connectivity index (χ2v) is 7.87. The third kappa shape index (κ3) is 7.05. The van der Waals surface area contributed by atoms with E-state index in [1.807, 2.05) is 0 Å². The number of carbonyl (C=O) groups excluding carboxylic acids is 2. The van der Waals surface area contributed by atoms with Crippen molar-refractivity contribution in [3.05, 3.63) is 65.0 Å². The first kappa shape index (κ1) is 25.2. The molecule has 0 fully saturated rings. The van der Waals surface area contributed by atoms with Gasteiger partial charge in [-0.2, -0.15) is 18.2 Å². The Hall–Kier alpha value is -3.40. The minimum absolute atomic E-state index is 0.0929. The van der Waals surface area contributed by atoms with E-state index in [1.165, 1.54) is 6.92 Å². The Bertz CT molecular complexity index is 1130. The molecule has 0 saturated heterocycles. The van der Waals surface area contributed by atoms with Crippen LogP contribution in [0.2, 0.25) is 5.02 Å². The van der Waals surface area contributed by atoms with Gasteiger partial charge in [-0.15, -0.1) is 0 Å². The van der Waals surface area contributed by atoms with E-state index in [1.54, 1.807) is 48.5 Å². The maximum Gasteiger partial charge on any atom is 0.471 e. The lowest BCUT2D eigenvalue weighted by Crippen LogP contribution is -2.40. The molecule has 0 aliphatic rings. The third-order valence-corrected chi connectivity index (χ3v) is 5.11. The molecule has 1 heterocycles. The molecule has 0 aliphatic heterocycles. The molecule has 0 atom stereocenters. The van der Waals surface area contributed by atoms with E-state index in [4.69, 9.17) is 16.1 Å². The van der Waals surface area contributed by atoms with Crippen molar-refractivity contribution < 1.29 is 27.3 Å². The molecule has 3 rings (SSSR count). The molecule has 180 valence electrons. The number of rotatable bonds is 9. The first-order chi connectivity index (χ1) is 16.2. The highest BCUT2D eigenvalue weighted by molar-refractivity contribution is 6.30. The summed E-state index contributed by atoms with van der Waals surface area (Å²) in [5, 5.41) is 7.23. The van der Waals surface area contributed by atoms with Gasteiger partial charge in [0.2, 0.25) is 17.6 Å². The average molecular weight is 495 g/mol. The number of aryl methyl sites for hydroxylation is 1. The van der Waals surface area contributed by atoms with Gasteiger partial charge in [0.05, 0.1) is 0 Å². The van der Waals surface area contributed by atoms with E-state index >= 15 is 0 Å².